The van der Waals surface area contributed by atoms with Crippen LogP contribution < -0.4 is 0 Å². The number of hydrogen-bond donors (Lipinski definition) is 0. The highest BCUT2D eigenvalue weighted by Crippen LogP contribution is 2.49. The van der Waals surface area contributed by atoms with Crippen LogP contribution in [0.25, 0.3) is 21.8 Å². The van der Waals surface area contributed by atoms with E-state index in [-0.39, 0.29) is 0 Å². The molecule has 0 radical (unpaired) electrons. The van der Waals surface area contributed by atoms with Gasteiger partial charge in [-0.1, -0.05) is 85.4 Å². The first kappa shape index (κ1) is 18.8. The van der Waals surface area contributed by atoms with Gasteiger partial charge >= 0.3 is 0 Å². The minimum atomic E-state index is 0.410. The van der Waals surface area contributed by atoms with Gasteiger partial charge in [-0.3, -0.25) is 0 Å². The quantitative estimate of drug-likeness (QED) is 0.267. The normalized spacial score (nSPS) is 18.4. The van der Waals surface area contributed by atoms with Gasteiger partial charge in [0.1, 0.15) is 0 Å². The zero-order chi connectivity index (χ0) is 20.9. The average molecular weight is 420 g/mol. The lowest BCUT2D eigenvalue weighted by Gasteiger charge is -2.31. The second-order valence-electron chi connectivity index (χ2n) is 8.67. The Morgan fingerprint density at radius 3 is 2.35 bits per heavy atom. The first-order valence-electron chi connectivity index (χ1n) is 11.0. The molecule has 2 unspecified atom stereocenters. The third kappa shape index (κ3) is 2.93. The van der Waals surface area contributed by atoms with Crippen molar-refractivity contribution in [3.05, 3.63) is 108 Å². The summed E-state index contributed by atoms with van der Waals surface area (Å²) < 4.78 is 2.35. The van der Waals surface area contributed by atoms with E-state index >= 15 is 0 Å². The highest BCUT2D eigenvalue weighted by atomic mass is 32.2. The molecule has 6 rings (SSSR count). The molecule has 0 fully saturated rings. The lowest BCUT2D eigenvalue weighted by Crippen LogP contribution is -2.15. The molecule has 0 saturated carbocycles. The number of nitrogens with zero attached hydrogens (tertiary/aromatic N) is 1. The molecule has 2 heteroatoms. The van der Waals surface area contributed by atoms with Crippen LogP contribution in [0.4, 0.5) is 0 Å². The fourth-order valence-corrected chi connectivity index (χ4v) is 6.61. The molecule has 1 aliphatic heterocycles. The van der Waals surface area contributed by atoms with E-state index in [1.54, 1.807) is 0 Å². The lowest BCUT2D eigenvalue weighted by atomic mass is 9.77. The van der Waals surface area contributed by atoms with Crippen LogP contribution in [0.15, 0.2) is 101 Å². The Morgan fingerprint density at radius 1 is 0.742 bits per heavy atom. The fourth-order valence-electron chi connectivity index (χ4n) is 5.41. The van der Waals surface area contributed by atoms with E-state index in [1.165, 1.54) is 48.3 Å². The maximum absolute atomic E-state index is 2.44. The molecule has 0 aliphatic carbocycles. The lowest BCUT2D eigenvalue weighted by molar-refractivity contribution is 0.563. The molecular formula is C29H25NS. The minimum absolute atomic E-state index is 0.410. The van der Waals surface area contributed by atoms with Crippen LogP contribution in [0.5, 0.6) is 0 Å². The summed E-state index contributed by atoms with van der Waals surface area (Å²) in [6.07, 6.45) is 1.06. The van der Waals surface area contributed by atoms with Gasteiger partial charge in [0.15, 0.2) is 0 Å². The molecule has 0 saturated heterocycles. The first-order chi connectivity index (χ1) is 15.2. The number of fused-ring (bicyclic) bond motifs is 6. The van der Waals surface area contributed by atoms with Crippen LogP contribution in [-0.2, 0) is 13.5 Å². The van der Waals surface area contributed by atoms with E-state index in [0.29, 0.717) is 11.8 Å². The molecule has 152 valence electrons. The van der Waals surface area contributed by atoms with Crippen LogP contribution >= 0.6 is 11.8 Å². The molecule has 0 amide bonds. The number of aryl methyl sites for hydroxylation is 1. The van der Waals surface area contributed by atoms with Crippen molar-refractivity contribution in [1.82, 2.24) is 4.57 Å². The summed E-state index contributed by atoms with van der Waals surface area (Å²) >= 11 is 1.94. The topological polar surface area (TPSA) is 4.93 Å². The second kappa shape index (κ2) is 7.32. The largest absolute Gasteiger partial charge is 0.344 e. The number of para-hydroxylation sites is 1. The zero-order valence-corrected chi connectivity index (χ0v) is 18.7. The van der Waals surface area contributed by atoms with Gasteiger partial charge in [-0.05, 0) is 59.2 Å². The molecule has 2 heterocycles. The predicted molar refractivity (Wildman–Crippen MR) is 132 cm³/mol. The van der Waals surface area contributed by atoms with E-state index in [4.69, 9.17) is 0 Å². The smallest absolute Gasteiger partial charge is 0.0492 e. The van der Waals surface area contributed by atoms with Gasteiger partial charge in [0.25, 0.3) is 0 Å². The highest BCUT2D eigenvalue weighted by Gasteiger charge is 2.30. The van der Waals surface area contributed by atoms with Crippen LogP contribution in [0.3, 0.4) is 0 Å². The van der Waals surface area contributed by atoms with Crippen LogP contribution in [0.2, 0.25) is 0 Å². The summed E-state index contributed by atoms with van der Waals surface area (Å²) in [6, 6.07) is 33.6. The third-order valence-electron chi connectivity index (χ3n) is 7.00. The molecule has 1 nitrogen and oxygen atoms in total. The molecule has 2 atom stereocenters. The van der Waals surface area contributed by atoms with Gasteiger partial charge in [0.2, 0.25) is 0 Å². The van der Waals surface area contributed by atoms with Gasteiger partial charge in [-0.2, -0.15) is 0 Å². The number of rotatable bonds is 1. The van der Waals surface area contributed by atoms with E-state index in [0.717, 1.165) is 6.42 Å². The zero-order valence-electron chi connectivity index (χ0n) is 17.9. The molecule has 31 heavy (non-hydrogen) atoms. The van der Waals surface area contributed by atoms with E-state index in [2.05, 4.69) is 110 Å². The number of aromatic nitrogens is 1. The van der Waals surface area contributed by atoms with E-state index in [1.807, 2.05) is 11.8 Å². The standard InChI is InChI=1S/C29H25NS/c1-19-23(20-10-4-3-5-11-20)18-21-12-6-9-15-26(21)31-27-17-16-25-29(28(19)27)22-13-7-8-14-24(22)30(25)2/h3-17,19,23H,18H2,1-2H3. The van der Waals surface area contributed by atoms with Gasteiger partial charge < -0.3 is 4.57 Å². The van der Waals surface area contributed by atoms with Gasteiger partial charge in [0.05, 0.1) is 0 Å². The Kier molecular flexibility index (Phi) is 4.43. The summed E-state index contributed by atoms with van der Waals surface area (Å²) in [5.74, 6) is 0.847. The average Bonchev–Trinajstić information content (AvgIpc) is 3.10. The molecule has 0 N–H and O–H groups in total. The maximum atomic E-state index is 2.44. The Bertz CT molecular complexity index is 1410. The summed E-state index contributed by atoms with van der Waals surface area (Å²) in [5, 5.41) is 2.79. The SMILES string of the molecule is CC1c2c(ccc3c2c2ccccc2n3C)Sc2ccccc2CC1c1ccccc1. The third-order valence-corrected chi connectivity index (χ3v) is 8.19. The van der Waals surface area contributed by atoms with Crippen molar-refractivity contribution in [3.63, 3.8) is 0 Å². The van der Waals surface area contributed by atoms with Gasteiger partial charge in [-0.25, -0.2) is 0 Å². The van der Waals surface area contributed by atoms with Crippen molar-refractivity contribution in [2.45, 2.75) is 35.0 Å². The highest BCUT2D eigenvalue weighted by molar-refractivity contribution is 7.99. The fraction of sp³-hybridized carbons (Fsp3) is 0.172. The van der Waals surface area contributed by atoms with Crippen LogP contribution in [0.1, 0.15) is 35.4 Å². The molecule has 1 aromatic heterocycles. The van der Waals surface area contributed by atoms with Crippen molar-refractivity contribution in [2.24, 2.45) is 7.05 Å². The Morgan fingerprint density at radius 2 is 1.48 bits per heavy atom. The summed E-state index contributed by atoms with van der Waals surface area (Å²) in [6.45, 7) is 2.44. The Balaban J connectivity index is 1.69. The molecule has 1 aliphatic rings. The predicted octanol–water partition coefficient (Wildman–Crippen LogP) is 7.93. The molecule has 4 aromatic carbocycles. The Labute approximate surface area is 187 Å². The van der Waals surface area contributed by atoms with Crippen molar-refractivity contribution in [2.75, 3.05) is 0 Å². The maximum Gasteiger partial charge on any atom is 0.0492 e. The van der Waals surface area contributed by atoms with Crippen molar-refractivity contribution < 1.29 is 0 Å². The molecule has 0 spiro atoms. The number of hydrogen-bond acceptors (Lipinski definition) is 1. The second-order valence-corrected chi connectivity index (χ2v) is 9.75. The van der Waals surface area contributed by atoms with Crippen molar-refractivity contribution >= 4 is 33.6 Å². The van der Waals surface area contributed by atoms with Gasteiger partial charge in [0, 0.05) is 38.6 Å². The van der Waals surface area contributed by atoms with Crippen LogP contribution in [-0.4, -0.2) is 4.57 Å². The van der Waals surface area contributed by atoms with Gasteiger partial charge in [-0.15, -0.1) is 0 Å². The van der Waals surface area contributed by atoms with Crippen molar-refractivity contribution in [3.8, 4) is 0 Å². The minimum Gasteiger partial charge on any atom is -0.344 e. The molecule has 0 bridgehead atoms. The van der Waals surface area contributed by atoms with Crippen LogP contribution in [0, 0.1) is 0 Å². The summed E-state index contributed by atoms with van der Waals surface area (Å²) in [7, 11) is 2.20. The Hall–Kier alpha value is -2.97. The number of benzene rings is 4. The van der Waals surface area contributed by atoms with E-state index in [9.17, 15) is 0 Å². The van der Waals surface area contributed by atoms with E-state index < -0.39 is 0 Å². The molecular weight excluding hydrogens is 394 g/mol. The summed E-state index contributed by atoms with van der Waals surface area (Å²) in [4.78, 5) is 2.78. The monoisotopic (exact) mass is 419 g/mol. The summed E-state index contributed by atoms with van der Waals surface area (Å²) in [5.41, 5.74) is 7.02. The molecule has 5 aromatic rings. The van der Waals surface area contributed by atoms with Crippen molar-refractivity contribution in [1.29, 1.82) is 0 Å². The first-order valence-corrected chi connectivity index (χ1v) is 11.8.